The second-order valence-corrected chi connectivity index (χ2v) is 6.08. The number of hydrogen-bond acceptors (Lipinski definition) is 1. The van der Waals surface area contributed by atoms with Crippen molar-refractivity contribution in [3.63, 3.8) is 0 Å². The molecule has 2 heteroatoms. The molecule has 0 aliphatic rings. The molecule has 0 saturated carbocycles. The van der Waals surface area contributed by atoms with Crippen molar-refractivity contribution in [3.05, 3.63) is 64.7 Å². The highest BCUT2D eigenvalue weighted by Gasteiger charge is 2.10. The first-order valence-electron chi connectivity index (χ1n) is 7.23. The number of halogens is 1. The van der Waals surface area contributed by atoms with Crippen LogP contribution in [0.15, 0.2) is 48.5 Å². The maximum absolute atomic E-state index is 6.44. The van der Waals surface area contributed by atoms with Crippen LogP contribution >= 0.6 is 11.6 Å². The average molecular weight is 296 g/mol. The van der Waals surface area contributed by atoms with E-state index in [-0.39, 0.29) is 0 Å². The van der Waals surface area contributed by atoms with Gasteiger partial charge in [-0.1, -0.05) is 67.9 Å². The zero-order valence-electron chi connectivity index (χ0n) is 12.5. The third kappa shape index (κ3) is 2.54. The van der Waals surface area contributed by atoms with E-state index in [2.05, 4.69) is 38.1 Å². The van der Waals surface area contributed by atoms with E-state index >= 15 is 0 Å². The van der Waals surface area contributed by atoms with Crippen LogP contribution in [-0.4, -0.2) is 4.98 Å². The van der Waals surface area contributed by atoms with Gasteiger partial charge in [-0.05, 0) is 30.0 Å². The summed E-state index contributed by atoms with van der Waals surface area (Å²) in [5.74, 6) is 0.449. The van der Waals surface area contributed by atoms with Crippen molar-refractivity contribution in [1.82, 2.24) is 4.98 Å². The third-order valence-corrected chi connectivity index (χ3v) is 4.34. The van der Waals surface area contributed by atoms with E-state index in [0.29, 0.717) is 5.92 Å². The smallest absolute Gasteiger partial charge is 0.0744 e. The van der Waals surface area contributed by atoms with Crippen molar-refractivity contribution >= 4 is 22.5 Å². The highest BCUT2D eigenvalue weighted by Crippen LogP contribution is 2.32. The number of para-hydroxylation sites is 1. The summed E-state index contributed by atoms with van der Waals surface area (Å²) in [7, 11) is 0. The standard InChI is InChI=1S/C19H18ClN/c1-12(2)15-8-5-7-14-10-11-17(21-19(14)15)16-9-4-6-13(3)18(16)20/h4-12H,1-3H3. The molecule has 0 saturated heterocycles. The third-order valence-electron chi connectivity index (χ3n) is 3.84. The molecule has 0 aliphatic heterocycles. The Hall–Kier alpha value is -1.86. The summed E-state index contributed by atoms with van der Waals surface area (Å²) in [5.41, 5.74) is 5.36. The van der Waals surface area contributed by atoms with Crippen molar-refractivity contribution in [2.45, 2.75) is 26.7 Å². The number of pyridine rings is 1. The second-order valence-electron chi connectivity index (χ2n) is 5.71. The molecule has 0 atom stereocenters. The largest absolute Gasteiger partial charge is 0.247 e. The maximum Gasteiger partial charge on any atom is 0.0744 e. The van der Waals surface area contributed by atoms with Gasteiger partial charge in [-0.25, -0.2) is 4.98 Å². The summed E-state index contributed by atoms with van der Waals surface area (Å²) >= 11 is 6.44. The number of hydrogen-bond donors (Lipinski definition) is 0. The maximum atomic E-state index is 6.44. The molecule has 0 N–H and O–H groups in total. The van der Waals surface area contributed by atoms with Gasteiger partial charge in [0.1, 0.15) is 0 Å². The Morgan fingerprint density at radius 1 is 0.952 bits per heavy atom. The lowest BCUT2D eigenvalue weighted by molar-refractivity contribution is 0.873. The molecule has 3 rings (SSSR count). The van der Waals surface area contributed by atoms with Gasteiger partial charge in [0.25, 0.3) is 0 Å². The SMILES string of the molecule is Cc1cccc(-c2ccc3cccc(C(C)C)c3n2)c1Cl. The van der Waals surface area contributed by atoms with Gasteiger partial charge >= 0.3 is 0 Å². The van der Waals surface area contributed by atoms with Crippen molar-refractivity contribution in [3.8, 4) is 11.3 Å². The van der Waals surface area contributed by atoms with E-state index < -0.39 is 0 Å². The number of benzene rings is 2. The lowest BCUT2D eigenvalue weighted by atomic mass is 9.99. The molecule has 0 amide bonds. The molecule has 0 aliphatic carbocycles. The summed E-state index contributed by atoms with van der Waals surface area (Å²) in [5, 5.41) is 1.96. The molecule has 21 heavy (non-hydrogen) atoms. The minimum absolute atomic E-state index is 0.449. The van der Waals surface area contributed by atoms with Crippen molar-refractivity contribution in [2.24, 2.45) is 0 Å². The Balaban J connectivity index is 2.25. The lowest BCUT2D eigenvalue weighted by Crippen LogP contribution is -1.94. The minimum atomic E-state index is 0.449. The molecule has 1 nitrogen and oxygen atoms in total. The normalized spacial score (nSPS) is 11.3. The van der Waals surface area contributed by atoms with Crippen LogP contribution in [0.3, 0.4) is 0 Å². The summed E-state index contributed by atoms with van der Waals surface area (Å²) in [6, 6.07) is 16.6. The fourth-order valence-corrected chi connectivity index (χ4v) is 2.85. The molecule has 0 fully saturated rings. The van der Waals surface area contributed by atoms with Gasteiger partial charge in [-0.2, -0.15) is 0 Å². The molecule has 106 valence electrons. The predicted molar refractivity (Wildman–Crippen MR) is 91.0 cm³/mol. The van der Waals surface area contributed by atoms with Gasteiger partial charge in [0, 0.05) is 10.9 Å². The monoisotopic (exact) mass is 295 g/mol. The molecule has 2 aromatic carbocycles. The molecule has 0 radical (unpaired) electrons. The fourth-order valence-electron chi connectivity index (χ4n) is 2.63. The van der Waals surface area contributed by atoms with E-state index in [0.717, 1.165) is 27.4 Å². The first-order chi connectivity index (χ1) is 10.1. The van der Waals surface area contributed by atoms with Crippen LogP contribution < -0.4 is 0 Å². The quantitative estimate of drug-likeness (QED) is 0.566. The van der Waals surface area contributed by atoms with Crippen molar-refractivity contribution < 1.29 is 0 Å². The first-order valence-corrected chi connectivity index (χ1v) is 7.61. The van der Waals surface area contributed by atoms with Crippen molar-refractivity contribution in [2.75, 3.05) is 0 Å². The average Bonchev–Trinajstić information content (AvgIpc) is 2.48. The molecular formula is C19H18ClN. The Labute approximate surface area is 130 Å². The fraction of sp³-hybridized carbons (Fsp3) is 0.211. The molecule has 0 bridgehead atoms. The van der Waals surface area contributed by atoms with Crippen LogP contribution in [0.4, 0.5) is 0 Å². The Bertz CT molecular complexity index is 806. The number of aromatic nitrogens is 1. The summed E-state index contributed by atoms with van der Waals surface area (Å²) in [6.07, 6.45) is 0. The van der Waals surface area contributed by atoms with Crippen LogP contribution in [-0.2, 0) is 0 Å². The zero-order valence-corrected chi connectivity index (χ0v) is 13.3. The van der Waals surface area contributed by atoms with E-state index in [1.165, 1.54) is 10.9 Å². The van der Waals surface area contributed by atoms with E-state index in [1.54, 1.807) is 0 Å². The van der Waals surface area contributed by atoms with Gasteiger partial charge < -0.3 is 0 Å². The second kappa shape index (κ2) is 5.50. The van der Waals surface area contributed by atoms with Gasteiger partial charge in [0.2, 0.25) is 0 Å². The van der Waals surface area contributed by atoms with Crippen LogP contribution in [0.5, 0.6) is 0 Å². The summed E-state index contributed by atoms with van der Waals surface area (Å²) in [6.45, 7) is 6.41. The highest BCUT2D eigenvalue weighted by molar-refractivity contribution is 6.34. The van der Waals surface area contributed by atoms with Crippen molar-refractivity contribution in [1.29, 1.82) is 0 Å². The van der Waals surface area contributed by atoms with Crippen LogP contribution in [0.1, 0.15) is 30.9 Å². The van der Waals surface area contributed by atoms with Crippen LogP contribution in [0.25, 0.3) is 22.2 Å². The Morgan fingerprint density at radius 3 is 2.48 bits per heavy atom. The Kier molecular flexibility index (Phi) is 3.69. The van der Waals surface area contributed by atoms with E-state index in [9.17, 15) is 0 Å². The van der Waals surface area contributed by atoms with E-state index in [4.69, 9.17) is 16.6 Å². The lowest BCUT2D eigenvalue weighted by Gasteiger charge is -2.12. The van der Waals surface area contributed by atoms with Crippen LogP contribution in [0.2, 0.25) is 5.02 Å². The predicted octanol–water partition coefficient (Wildman–Crippen LogP) is 5.99. The van der Waals surface area contributed by atoms with Gasteiger partial charge in [-0.3, -0.25) is 0 Å². The summed E-state index contributed by atoms with van der Waals surface area (Å²) in [4.78, 5) is 4.88. The number of aryl methyl sites for hydroxylation is 1. The number of rotatable bonds is 2. The van der Waals surface area contributed by atoms with E-state index in [1.807, 2.05) is 31.2 Å². The molecule has 3 aromatic rings. The molecule has 0 spiro atoms. The molecule has 0 unspecified atom stereocenters. The molecular weight excluding hydrogens is 278 g/mol. The summed E-state index contributed by atoms with van der Waals surface area (Å²) < 4.78 is 0. The Morgan fingerprint density at radius 2 is 1.71 bits per heavy atom. The van der Waals surface area contributed by atoms with Gasteiger partial charge in [0.15, 0.2) is 0 Å². The first kappa shape index (κ1) is 14.1. The number of fused-ring (bicyclic) bond motifs is 1. The molecule has 1 heterocycles. The zero-order chi connectivity index (χ0) is 15.0. The van der Waals surface area contributed by atoms with Crippen LogP contribution in [0, 0.1) is 6.92 Å². The van der Waals surface area contributed by atoms with Gasteiger partial charge in [-0.15, -0.1) is 0 Å². The topological polar surface area (TPSA) is 12.9 Å². The number of nitrogens with zero attached hydrogens (tertiary/aromatic N) is 1. The highest BCUT2D eigenvalue weighted by atomic mass is 35.5. The van der Waals surface area contributed by atoms with Gasteiger partial charge in [0.05, 0.1) is 16.2 Å². The molecule has 1 aromatic heterocycles. The minimum Gasteiger partial charge on any atom is -0.247 e.